The Labute approximate surface area is 162 Å². The van der Waals surface area contributed by atoms with Gasteiger partial charge in [-0.05, 0) is 32.0 Å². The van der Waals surface area contributed by atoms with Gasteiger partial charge in [-0.3, -0.25) is 14.9 Å². The van der Waals surface area contributed by atoms with Gasteiger partial charge in [0, 0.05) is 30.2 Å². The van der Waals surface area contributed by atoms with Crippen LogP contribution in [0.3, 0.4) is 0 Å². The van der Waals surface area contributed by atoms with Gasteiger partial charge in [-0.1, -0.05) is 12.1 Å². The number of para-hydroxylation sites is 2. The Balaban J connectivity index is 1.62. The highest BCUT2D eigenvalue weighted by atomic mass is 16.6. The largest absolute Gasteiger partial charge is 0.494 e. The van der Waals surface area contributed by atoms with Gasteiger partial charge in [0.1, 0.15) is 17.6 Å². The molecular formula is C20H22N2O6. The maximum absolute atomic E-state index is 12.1. The average molecular weight is 386 g/mol. The Hall–Kier alpha value is -3.29. The molecule has 0 fully saturated rings. The van der Waals surface area contributed by atoms with Crippen LogP contribution in [0.5, 0.6) is 17.2 Å². The zero-order valence-electron chi connectivity index (χ0n) is 15.8. The second kappa shape index (κ2) is 8.60. The number of hydrogen-bond acceptors (Lipinski definition) is 6. The third-order valence-corrected chi connectivity index (χ3v) is 4.28. The second-order valence-electron chi connectivity index (χ2n) is 6.42. The van der Waals surface area contributed by atoms with E-state index in [2.05, 4.69) is 5.32 Å². The molecule has 8 heteroatoms. The van der Waals surface area contributed by atoms with Crippen LogP contribution in [0.4, 0.5) is 5.69 Å². The third kappa shape index (κ3) is 4.51. The highest BCUT2D eigenvalue weighted by molar-refractivity contribution is 5.77. The van der Waals surface area contributed by atoms with E-state index in [1.165, 1.54) is 18.2 Å². The fourth-order valence-corrected chi connectivity index (χ4v) is 3.03. The van der Waals surface area contributed by atoms with Gasteiger partial charge in [-0.15, -0.1) is 0 Å². The normalized spacial score (nSPS) is 14.7. The van der Waals surface area contributed by atoms with Crippen molar-refractivity contribution >= 4 is 11.6 Å². The zero-order valence-corrected chi connectivity index (χ0v) is 15.8. The Morgan fingerprint density at radius 3 is 2.82 bits per heavy atom. The summed E-state index contributed by atoms with van der Waals surface area (Å²) in [5.74, 6) is 1.17. The molecule has 2 aromatic rings. The highest BCUT2D eigenvalue weighted by Gasteiger charge is 2.22. The molecule has 1 N–H and O–H groups in total. The lowest BCUT2D eigenvalue weighted by molar-refractivity contribution is -0.385. The molecule has 1 heterocycles. The van der Waals surface area contributed by atoms with Crippen molar-refractivity contribution in [1.82, 2.24) is 5.32 Å². The molecule has 1 aliphatic heterocycles. The summed E-state index contributed by atoms with van der Waals surface area (Å²) >= 11 is 0. The topological polar surface area (TPSA) is 99.9 Å². The van der Waals surface area contributed by atoms with E-state index in [4.69, 9.17) is 14.2 Å². The quantitative estimate of drug-likeness (QED) is 0.553. The van der Waals surface area contributed by atoms with Crippen LogP contribution in [0.25, 0.3) is 0 Å². The van der Waals surface area contributed by atoms with Gasteiger partial charge in [0.25, 0.3) is 5.91 Å². The smallest absolute Gasteiger partial charge is 0.310 e. The number of rotatable bonds is 8. The Morgan fingerprint density at radius 2 is 2.07 bits per heavy atom. The van der Waals surface area contributed by atoms with Crippen LogP contribution in [0.1, 0.15) is 25.0 Å². The average Bonchev–Trinajstić information content (AvgIpc) is 3.03. The lowest BCUT2D eigenvalue weighted by atomic mass is 10.1. The number of nitrogens with one attached hydrogen (secondary N) is 1. The molecule has 1 amide bonds. The van der Waals surface area contributed by atoms with E-state index in [0.29, 0.717) is 12.4 Å². The number of nitrogens with zero attached hydrogens (tertiary/aromatic N) is 1. The van der Waals surface area contributed by atoms with Crippen LogP contribution in [0.15, 0.2) is 36.4 Å². The van der Waals surface area contributed by atoms with Crippen LogP contribution >= 0.6 is 0 Å². The van der Waals surface area contributed by atoms with Crippen molar-refractivity contribution in [1.29, 1.82) is 0 Å². The van der Waals surface area contributed by atoms with Gasteiger partial charge < -0.3 is 19.5 Å². The van der Waals surface area contributed by atoms with E-state index < -0.39 is 10.8 Å². The summed E-state index contributed by atoms with van der Waals surface area (Å²) in [6, 6.07) is 9.77. The van der Waals surface area contributed by atoms with Crippen molar-refractivity contribution in [3.8, 4) is 17.2 Å². The van der Waals surface area contributed by atoms with Gasteiger partial charge in [0.05, 0.1) is 11.5 Å². The number of fused-ring (bicyclic) bond motifs is 1. The molecular weight excluding hydrogens is 364 g/mol. The van der Waals surface area contributed by atoms with Crippen LogP contribution in [0.2, 0.25) is 0 Å². The Bertz CT molecular complexity index is 883. The summed E-state index contributed by atoms with van der Waals surface area (Å²) in [4.78, 5) is 22.6. The predicted octanol–water partition coefficient (Wildman–Crippen LogP) is 3.01. The van der Waals surface area contributed by atoms with E-state index in [0.717, 1.165) is 23.3 Å². The minimum Gasteiger partial charge on any atom is -0.494 e. The molecule has 1 atom stereocenters. The van der Waals surface area contributed by atoms with Crippen LogP contribution in [-0.2, 0) is 17.8 Å². The Morgan fingerprint density at radius 1 is 1.29 bits per heavy atom. The fraction of sp³-hybridized carbons (Fsp3) is 0.350. The van der Waals surface area contributed by atoms with Gasteiger partial charge >= 0.3 is 5.69 Å². The molecule has 0 radical (unpaired) electrons. The van der Waals surface area contributed by atoms with Crippen molar-refractivity contribution < 1.29 is 23.9 Å². The number of carbonyl (C=O) groups is 1. The summed E-state index contributed by atoms with van der Waals surface area (Å²) in [5.41, 5.74) is 1.71. The van der Waals surface area contributed by atoms with Gasteiger partial charge in [0.2, 0.25) is 0 Å². The van der Waals surface area contributed by atoms with Gasteiger partial charge in [-0.2, -0.15) is 0 Å². The first kappa shape index (κ1) is 19.5. The molecule has 0 saturated carbocycles. The monoisotopic (exact) mass is 386 g/mol. The van der Waals surface area contributed by atoms with E-state index in [-0.39, 0.29) is 30.7 Å². The summed E-state index contributed by atoms with van der Waals surface area (Å²) < 4.78 is 16.8. The standard InChI is InChI=1S/C20H22N2O6/c1-3-26-18-9-14-8-13(2)28-19(14)10-15(18)11-21-20(23)12-27-17-7-5-4-6-16(17)22(24)25/h4-7,9-10,13H,3,8,11-12H2,1-2H3,(H,21,23)/t13-/m0/s1. The molecule has 2 aromatic carbocycles. The second-order valence-corrected chi connectivity index (χ2v) is 6.42. The first-order valence-corrected chi connectivity index (χ1v) is 9.06. The molecule has 8 nitrogen and oxygen atoms in total. The van der Waals surface area contributed by atoms with Crippen molar-refractivity contribution in [2.24, 2.45) is 0 Å². The molecule has 0 spiro atoms. The molecule has 148 valence electrons. The van der Waals surface area contributed by atoms with Crippen molar-refractivity contribution in [3.05, 3.63) is 57.6 Å². The SMILES string of the molecule is CCOc1cc2c(cc1CNC(=O)COc1ccccc1[N+](=O)[O-])O[C@@H](C)C2. The van der Waals surface area contributed by atoms with Crippen LogP contribution in [-0.4, -0.2) is 30.1 Å². The van der Waals surface area contributed by atoms with Crippen LogP contribution in [0, 0.1) is 10.1 Å². The maximum atomic E-state index is 12.1. The molecule has 0 aromatic heterocycles. The molecule has 0 unspecified atom stereocenters. The van der Waals surface area contributed by atoms with Crippen molar-refractivity contribution in [2.45, 2.75) is 32.9 Å². The van der Waals surface area contributed by atoms with E-state index in [9.17, 15) is 14.9 Å². The number of carbonyl (C=O) groups excluding carboxylic acids is 1. The molecule has 0 bridgehead atoms. The number of nitro benzene ring substituents is 1. The highest BCUT2D eigenvalue weighted by Crippen LogP contribution is 2.35. The van der Waals surface area contributed by atoms with Crippen molar-refractivity contribution in [2.75, 3.05) is 13.2 Å². The number of benzene rings is 2. The predicted molar refractivity (Wildman–Crippen MR) is 102 cm³/mol. The third-order valence-electron chi connectivity index (χ3n) is 4.28. The molecule has 0 saturated heterocycles. The molecule has 1 aliphatic rings. The molecule has 28 heavy (non-hydrogen) atoms. The van der Waals surface area contributed by atoms with Crippen LogP contribution < -0.4 is 19.5 Å². The molecule has 0 aliphatic carbocycles. The van der Waals surface area contributed by atoms with Gasteiger partial charge in [-0.25, -0.2) is 0 Å². The Kier molecular flexibility index (Phi) is 5.98. The number of ether oxygens (including phenoxy) is 3. The fourth-order valence-electron chi connectivity index (χ4n) is 3.03. The van der Waals surface area contributed by atoms with Crippen molar-refractivity contribution in [3.63, 3.8) is 0 Å². The number of hydrogen-bond donors (Lipinski definition) is 1. The lowest BCUT2D eigenvalue weighted by Crippen LogP contribution is -2.28. The molecule has 3 rings (SSSR count). The number of amides is 1. The summed E-state index contributed by atoms with van der Waals surface area (Å²) in [6.45, 7) is 4.32. The van der Waals surface area contributed by atoms with Gasteiger partial charge in [0.15, 0.2) is 12.4 Å². The summed E-state index contributed by atoms with van der Waals surface area (Å²) in [7, 11) is 0. The van der Waals surface area contributed by atoms with E-state index >= 15 is 0 Å². The first-order valence-electron chi connectivity index (χ1n) is 9.06. The summed E-state index contributed by atoms with van der Waals surface area (Å²) in [6.07, 6.45) is 0.940. The minimum absolute atomic E-state index is 0.0533. The zero-order chi connectivity index (χ0) is 20.1. The summed E-state index contributed by atoms with van der Waals surface area (Å²) in [5, 5.41) is 13.7. The van der Waals surface area contributed by atoms with E-state index in [1.807, 2.05) is 26.0 Å². The van der Waals surface area contributed by atoms with E-state index in [1.54, 1.807) is 6.07 Å². The minimum atomic E-state index is -0.548. The first-order chi connectivity index (χ1) is 13.5. The lowest BCUT2D eigenvalue weighted by Gasteiger charge is -2.13. The maximum Gasteiger partial charge on any atom is 0.310 e. The number of nitro groups is 1.